The number of nitrogens with zero attached hydrogens (tertiary/aromatic N) is 1. The van der Waals surface area contributed by atoms with Crippen LogP contribution in [0.1, 0.15) is 5.56 Å². The van der Waals surface area contributed by atoms with Gasteiger partial charge in [-0.05, 0) is 30.7 Å². The van der Waals surface area contributed by atoms with Crippen LogP contribution in [0.25, 0.3) is 21.9 Å². The average Bonchev–Trinajstić information content (AvgIpc) is 2.30. The van der Waals surface area contributed by atoms with Gasteiger partial charge in [0.05, 0.1) is 5.39 Å². The van der Waals surface area contributed by atoms with Gasteiger partial charge >= 0.3 is 5.63 Å². The molecular formula is C13H9NO2. The number of fused-ring (bicyclic) bond motifs is 3. The molecule has 78 valence electrons. The Morgan fingerprint density at radius 2 is 2.06 bits per heavy atom. The van der Waals surface area contributed by atoms with Crippen molar-refractivity contribution < 1.29 is 4.42 Å². The predicted molar refractivity (Wildman–Crippen MR) is 62.5 cm³/mol. The van der Waals surface area contributed by atoms with Crippen LogP contribution in [0.3, 0.4) is 0 Å². The van der Waals surface area contributed by atoms with E-state index in [-0.39, 0.29) is 5.63 Å². The van der Waals surface area contributed by atoms with Crippen LogP contribution in [-0.4, -0.2) is 4.98 Å². The van der Waals surface area contributed by atoms with E-state index >= 15 is 0 Å². The first-order valence-electron chi connectivity index (χ1n) is 5.04. The molecule has 3 rings (SSSR count). The summed E-state index contributed by atoms with van der Waals surface area (Å²) in [6.45, 7) is 1.97. The van der Waals surface area contributed by atoms with Crippen LogP contribution in [-0.2, 0) is 0 Å². The van der Waals surface area contributed by atoms with Crippen molar-refractivity contribution in [2.45, 2.75) is 6.92 Å². The van der Waals surface area contributed by atoms with Crippen LogP contribution in [0.4, 0.5) is 0 Å². The van der Waals surface area contributed by atoms with Gasteiger partial charge < -0.3 is 4.42 Å². The van der Waals surface area contributed by atoms with E-state index in [1.54, 1.807) is 24.4 Å². The van der Waals surface area contributed by atoms with Crippen LogP contribution in [0.2, 0.25) is 0 Å². The number of aromatic nitrogens is 1. The van der Waals surface area contributed by atoms with Gasteiger partial charge in [0.1, 0.15) is 5.52 Å². The minimum Gasteiger partial charge on any atom is -0.421 e. The van der Waals surface area contributed by atoms with Gasteiger partial charge in [-0.15, -0.1) is 0 Å². The Bertz CT molecular complexity index is 744. The van der Waals surface area contributed by atoms with E-state index in [4.69, 9.17) is 4.42 Å². The molecule has 2 heterocycles. The van der Waals surface area contributed by atoms with Crippen molar-refractivity contribution in [3.8, 4) is 0 Å². The molecule has 0 saturated heterocycles. The molecule has 0 unspecified atom stereocenters. The lowest BCUT2D eigenvalue weighted by Crippen LogP contribution is -2.01. The molecule has 0 bridgehead atoms. The second-order valence-corrected chi connectivity index (χ2v) is 3.74. The highest BCUT2D eigenvalue weighted by Crippen LogP contribution is 2.23. The van der Waals surface area contributed by atoms with Crippen molar-refractivity contribution in [1.29, 1.82) is 0 Å². The van der Waals surface area contributed by atoms with Gasteiger partial charge in [0.15, 0.2) is 5.58 Å². The summed E-state index contributed by atoms with van der Waals surface area (Å²) >= 11 is 0. The standard InChI is InChI=1S/C13H9NO2/c1-8-4-2-5-9-11(8)12-10(16-13(9)15)6-3-7-14-12/h2-7H,1H3. The molecule has 2 aromatic heterocycles. The van der Waals surface area contributed by atoms with E-state index in [9.17, 15) is 4.79 Å². The van der Waals surface area contributed by atoms with Crippen LogP contribution in [0.5, 0.6) is 0 Å². The highest BCUT2D eigenvalue weighted by molar-refractivity contribution is 6.03. The Labute approximate surface area is 91.3 Å². The fourth-order valence-electron chi connectivity index (χ4n) is 1.97. The average molecular weight is 211 g/mol. The summed E-state index contributed by atoms with van der Waals surface area (Å²) in [6.07, 6.45) is 1.70. The third-order valence-electron chi connectivity index (χ3n) is 2.70. The predicted octanol–water partition coefficient (Wildman–Crippen LogP) is 2.65. The second-order valence-electron chi connectivity index (χ2n) is 3.74. The van der Waals surface area contributed by atoms with Crippen molar-refractivity contribution in [3.63, 3.8) is 0 Å². The molecule has 3 heteroatoms. The van der Waals surface area contributed by atoms with Gasteiger partial charge in [0.25, 0.3) is 0 Å². The quantitative estimate of drug-likeness (QED) is 0.537. The molecule has 0 fully saturated rings. The van der Waals surface area contributed by atoms with Crippen molar-refractivity contribution in [2.24, 2.45) is 0 Å². The van der Waals surface area contributed by atoms with E-state index in [0.717, 1.165) is 16.5 Å². The Kier molecular flexibility index (Phi) is 1.80. The third kappa shape index (κ3) is 1.15. The first-order chi connectivity index (χ1) is 7.77. The van der Waals surface area contributed by atoms with Crippen molar-refractivity contribution in [3.05, 3.63) is 52.5 Å². The van der Waals surface area contributed by atoms with Crippen LogP contribution in [0.15, 0.2) is 45.7 Å². The monoisotopic (exact) mass is 211 g/mol. The van der Waals surface area contributed by atoms with Gasteiger partial charge in [-0.2, -0.15) is 0 Å². The molecule has 3 nitrogen and oxygen atoms in total. The molecule has 0 aliphatic heterocycles. The first-order valence-corrected chi connectivity index (χ1v) is 5.04. The van der Waals surface area contributed by atoms with Crippen LogP contribution < -0.4 is 5.63 Å². The number of benzene rings is 1. The lowest BCUT2D eigenvalue weighted by molar-refractivity contribution is 0.568. The van der Waals surface area contributed by atoms with Gasteiger partial charge in [-0.25, -0.2) is 4.79 Å². The molecule has 0 aliphatic rings. The molecule has 0 spiro atoms. The zero-order valence-electron chi connectivity index (χ0n) is 8.73. The smallest absolute Gasteiger partial charge is 0.344 e. The maximum Gasteiger partial charge on any atom is 0.344 e. The summed E-state index contributed by atoms with van der Waals surface area (Å²) < 4.78 is 5.21. The molecule has 1 aromatic carbocycles. The van der Waals surface area contributed by atoms with E-state index in [2.05, 4.69) is 4.98 Å². The van der Waals surface area contributed by atoms with E-state index in [1.807, 2.05) is 19.1 Å². The number of rotatable bonds is 0. The second kappa shape index (κ2) is 3.17. The third-order valence-corrected chi connectivity index (χ3v) is 2.70. The lowest BCUT2D eigenvalue weighted by Gasteiger charge is -2.03. The lowest BCUT2D eigenvalue weighted by atomic mass is 10.1. The summed E-state index contributed by atoms with van der Waals surface area (Å²) in [7, 11) is 0. The molecular weight excluding hydrogens is 202 g/mol. The normalized spacial score (nSPS) is 11.1. The molecule has 0 atom stereocenters. The summed E-state index contributed by atoms with van der Waals surface area (Å²) in [5.74, 6) is 0. The van der Waals surface area contributed by atoms with Crippen LogP contribution >= 0.6 is 0 Å². The van der Waals surface area contributed by atoms with Crippen molar-refractivity contribution in [2.75, 3.05) is 0 Å². The van der Waals surface area contributed by atoms with Gasteiger partial charge in [0.2, 0.25) is 0 Å². The van der Waals surface area contributed by atoms with Crippen molar-refractivity contribution >= 4 is 21.9 Å². The molecule has 0 N–H and O–H groups in total. The first kappa shape index (κ1) is 9.09. The zero-order valence-corrected chi connectivity index (χ0v) is 8.73. The summed E-state index contributed by atoms with van der Waals surface area (Å²) in [6, 6.07) is 9.10. The Balaban J connectivity index is 2.73. The highest BCUT2D eigenvalue weighted by Gasteiger charge is 2.08. The Morgan fingerprint density at radius 1 is 1.19 bits per heavy atom. The Hall–Kier alpha value is -2.16. The maximum atomic E-state index is 11.8. The topological polar surface area (TPSA) is 43.1 Å². The minimum absolute atomic E-state index is 0.306. The highest BCUT2D eigenvalue weighted by atomic mass is 16.4. The molecule has 3 aromatic rings. The zero-order chi connectivity index (χ0) is 11.1. The molecule has 0 aliphatic carbocycles. The maximum absolute atomic E-state index is 11.8. The van der Waals surface area contributed by atoms with E-state index in [0.29, 0.717) is 11.0 Å². The summed E-state index contributed by atoms with van der Waals surface area (Å²) in [5.41, 5.74) is 2.01. The number of pyridine rings is 1. The molecule has 16 heavy (non-hydrogen) atoms. The SMILES string of the molecule is Cc1cccc2c(=O)oc3cccnc3c12. The number of aryl methyl sites for hydroxylation is 1. The largest absolute Gasteiger partial charge is 0.421 e. The molecule has 0 amide bonds. The number of hydrogen-bond donors (Lipinski definition) is 0. The summed E-state index contributed by atoms with van der Waals surface area (Å²) in [4.78, 5) is 16.0. The van der Waals surface area contributed by atoms with E-state index in [1.165, 1.54) is 0 Å². The summed E-state index contributed by atoms with van der Waals surface area (Å²) in [5, 5.41) is 1.47. The van der Waals surface area contributed by atoms with Gasteiger partial charge in [-0.3, -0.25) is 4.98 Å². The van der Waals surface area contributed by atoms with Gasteiger partial charge in [-0.1, -0.05) is 12.1 Å². The fraction of sp³-hybridized carbons (Fsp3) is 0.0769. The Morgan fingerprint density at radius 3 is 2.94 bits per heavy atom. The molecule has 0 saturated carbocycles. The van der Waals surface area contributed by atoms with E-state index < -0.39 is 0 Å². The van der Waals surface area contributed by atoms with Gasteiger partial charge in [0, 0.05) is 11.6 Å². The van der Waals surface area contributed by atoms with Crippen molar-refractivity contribution in [1.82, 2.24) is 4.98 Å². The molecule has 0 radical (unpaired) electrons. The minimum atomic E-state index is -0.306. The fourth-order valence-corrected chi connectivity index (χ4v) is 1.97. The number of hydrogen-bond acceptors (Lipinski definition) is 3. The van der Waals surface area contributed by atoms with Crippen LogP contribution in [0, 0.1) is 6.92 Å².